The Morgan fingerprint density at radius 1 is 1.31 bits per heavy atom. The second-order valence-corrected chi connectivity index (χ2v) is 4.62. The summed E-state index contributed by atoms with van der Waals surface area (Å²) < 4.78 is 0. The Morgan fingerprint density at radius 3 is 2.44 bits per heavy atom. The number of hydrogen-bond acceptors (Lipinski definition) is 3. The molecule has 2 unspecified atom stereocenters. The highest BCUT2D eigenvalue weighted by Crippen LogP contribution is 2.16. The van der Waals surface area contributed by atoms with Crippen LogP contribution in [0.25, 0.3) is 0 Å². The minimum absolute atomic E-state index is 0.483. The minimum Gasteiger partial charge on any atom is -0.381 e. The van der Waals surface area contributed by atoms with E-state index in [-0.39, 0.29) is 0 Å². The van der Waals surface area contributed by atoms with Crippen molar-refractivity contribution in [2.24, 2.45) is 5.92 Å². The van der Waals surface area contributed by atoms with E-state index in [1.165, 1.54) is 6.42 Å². The van der Waals surface area contributed by atoms with Gasteiger partial charge >= 0.3 is 0 Å². The smallest absolute Gasteiger partial charge is 0.128 e. The Hall–Kier alpha value is -1.25. The van der Waals surface area contributed by atoms with Gasteiger partial charge in [0.15, 0.2) is 0 Å². The van der Waals surface area contributed by atoms with Crippen molar-refractivity contribution in [3.63, 3.8) is 0 Å². The Bertz CT molecular complexity index is 305. The topological polar surface area (TPSA) is 28.2 Å². The molecule has 0 radical (unpaired) electrons. The molecule has 0 aromatic carbocycles. The van der Waals surface area contributed by atoms with Crippen LogP contribution in [0.2, 0.25) is 0 Å². The molecule has 0 aliphatic heterocycles. The summed E-state index contributed by atoms with van der Waals surface area (Å²) >= 11 is 0. The third-order valence-corrected chi connectivity index (χ3v) is 3.10. The molecule has 90 valence electrons. The summed E-state index contributed by atoms with van der Waals surface area (Å²) in [6.45, 7) is 6.70. The molecular weight excluding hydrogens is 198 g/mol. The van der Waals surface area contributed by atoms with Crippen molar-refractivity contribution >= 4 is 11.5 Å². The van der Waals surface area contributed by atoms with Gasteiger partial charge in [0.05, 0.1) is 11.9 Å². The summed E-state index contributed by atoms with van der Waals surface area (Å²) in [4.78, 5) is 6.38. The highest BCUT2D eigenvalue weighted by molar-refractivity contribution is 5.48. The second kappa shape index (κ2) is 5.73. The lowest BCUT2D eigenvalue weighted by Crippen LogP contribution is -2.23. The van der Waals surface area contributed by atoms with E-state index in [4.69, 9.17) is 0 Å². The van der Waals surface area contributed by atoms with Gasteiger partial charge in [-0.3, -0.25) is 0 Å². The first-order valence-corrected chi connectivity index (χ1v) is 5.94. The lowest BCUT2D eigenvalue weighted by Gasteiger charge is -2.21. The van der Waals surface area contributed by atoms with Gasteiger partial charge in [-0.25, -0.2) is 4.98 Å². The van der Waals surface area contributed by atoms with Gasteiger partial charge in [0.25, 0.3) is 0 Å². The molecule has 1 aromatic rings. The van der Waals surface area contributed by atoms with Gasteiger partial charge in [-0.2, -0.15) is 0 Å². The quantitative estimate of drug-likeness (QED) is 0.828. The second-order valence-electron chi connectivity index (χ2n) is 4.62. The summed E-state index contributed by atoms with van der Waals surface area (Å²) in [6, 6.07) is 4.60. The van der Waals surface area contributed by atoms with Gasteiger partial charge < -0.3 is 10.2 Å². The number of anilines is 2. The van der Waals surface area contributed by atoms with Crippen molar-refractivity contribution in [1.82, 2.24) is 4.98 Å². The Balaban J connectivity index is 2.61. The van der Waals surface area contributed by atoms with Crippen LogP contribution < -0.4 is 10.2 Å². The summed E-state index contributed by atoms with van der Waals surface area (Å²) in [7, 11) is 3.99. The van der Waals surface area contributed by atoms with Crippen molar-refractivity contribution in [2.45, 2.75) is 33.2 Å². The molecule has 0 saturated heterocycles. The largest absolute Gasteiger partial charge is 0.381 e. The van der Waals surface area contributed by atoms with Gasteiger partial charge in [-0.05, 0) is 25.0 Å². The monoisotopic (exact) mass is 221 g/mol. The summed E-state index contributed by atoms with van der Waals surface area (Å²) in [5.41, 5.74) is 1.10. The molecule has 0 aliphatic rings. The Kier molecular flexibility index (Phi) is 4.59. The number of nitrogens with zero attached hydrogens (tertiary/aromatic N) is 2. The average molecular weight is 221 g/mol. The fourth-order valence-electron chi connectivity index (χ4n) is 1.49. The van der Waals surface area contributed by atoms with E-state index in [1.54, 1.807) is 0 Å². The van der Waals surface area contributed by atoms with Crippen LogP contribution in [0.5, 0.6) is 0 Å². The third-order valence-electron chi connectivity index (χ3n) is 3.10. The molecule has 0 spiro atoms. The van der Waals surface area contributed by atoms with E-state index in [9.17, 15) is 0 Å². The molecule has 16 heavy (non-hydrogen) atoms. The van der Waals surface area contributed by atoms with Gasteiger partial charge in [0.2, 0.25) is 0 Å². The van der Waals surface area contributed by atoms with E-state index < -0.39 is 0 Å². The number of nitrogens with one attached hydrogen (secondary N) is 1. The lowest BCUT2D eigenvalue weighted by atomic mass is 10.0. The SMILES string of the molecule is CCC(C)C(C)Nc1ccc(N(C)C)nc1. The third kappa shape index (κ3) is 3.40. The number of pyridine rings is 1. The molecule has 0 fully saturated rings. The van der Waals surface area contributed by atoms with E-state index in [0.717, 1.165) is 11.5 Å². The van der Waals surface area contributed by atoms with Crippen LogP contribution in [-0.4, -0.2) is 25.1 Å². The summed E-state index contributed by atoms with van der Waals surface area (Å²) in [5.74, 6) is 1.66. The highest BCUT2D eigenvalue weighted by Gasteiger charge is 2.09. The Morgan fingerprint density at radius 2 is 2.00 bits per heavy atom. The normalized spacial score (nSPS) is 14.3. The van der Waals surface area contributed by atoms with Gasteiger partial charge in [-0.15, -0.1) is 0 Å². The van der Waals surface area contributed by atoms with E-state index in [0.29, 0.717) is 12.0 Å². The first-order chi connectivity index (χ1) is 7.54. The maximum Gasteiger partial charge on any atom is 0.128 e. The zero-order chi connectivity index (χ0) is 12.1. The van der Waals surface area contributed by atoms with Crippen LogP contribution in [0.4, 0.5) is 11.5 Å². The molecule has 0 amide bonds. The van der Waals surface area contributed by atoms with Gasteiger partial charge in [0.1, 0.15) is 5.82 Å². The predicted octanol–water partition coefficient (Wildman–Crippen LogP) is 2.99. The first-order valence-electron chi connectivity index (χ1n) is 5.94. The highest BCUT2D eigenvalue weighted by atomic mass is 15.1. The number of aromatic nitrogens is 1. The zero-order valence-electron chi connectivity index (χ0n) is 11.0. The summed E-state index contributed by atoms with van der Waals surface area (Å²) in [6.07, 6.45) is 3.09. The fourth-order valence-corrected chi connectivity index (χ4v) is 1.49. The number of rotatable bonds is 5. The molecule has 1 aromatic heterocycles. The molecule has 2 atom stereocenters. The molecule has 0 bridgehead atoms. The van der Waals surface area contributed by atoms with Crippen LogP contribution in [0, 0.1) is 5.92 Å². The standard InChI is InChI=1S/C13H23N3/c1-6-10(2)11(3)15-12-7-8-13(14-9-12)16(4)5/h7-11,15H,6H2,1-5H3. The predicted molar refractivity (Wildman–Crippen MR) is 71.1 cm³/mol. The summed E-state index contributed by atoms with van der Waals surface area (Å²) in [5, 5.41) is 3.48. The molecule has 1 rings (SSSR count). The van der Waals surface area contributed by atoms with Crippen LogP contribution in [-0.2, 0) is 0 Å². The fraction of sp³-hybridized carbons (Fsp3) is 0.615. The zero-order valence-corrected chi connectivity index (χ0v) is 11.0. The molecule has 3 heteroatoms. The molecule has 1 heterocycles. The van der Waals surface area contributed by atoms with Crippen molar-refractivity contribution in [3.05, 3.63) is 18.3 Å². The van der Waals surface area contributed by atoms with E-state index in [1.807, 2.05) is 31.3 Å². The number of hydrogen-bond donors (Lipinski definition) is 1. The molecule has 0 saturated carbocycles. The first kappa shape index (κ1) is 12.8. The van der Waals surface area contributed by atoms with Crippen molar-refractivity contribution in [2.75, 3.05) is 24.3 Å². The molecular formula is C13H23N3. The van der Waals surface area contributed by atoms with Crippen molar-refractivity contribution < 1.29 is 0 Å². The van der Waals surface area contributed by atoms with Gasteiger partial charge in [-0.1, -0.05) is 20.3 Å². The van der Waals surface area contributed by atoms with Gasteiger partial charge in [0, 0.05) is 20.1 Å². The molecule has 3 nitrogen and oxygen atoms in total. The van der Waals surface area contributed by atoms with Crippen molar-refractivity contribution in [3.8, 4) is 0 Å². The van der Waals surface area contributed by atoms with Crippen LogP contribution in [0.15, 0.2) is 18.3 Å². The van der Waals surface area contributed by atoms with Crippen LogP contribution in [0.3, 0.4) is 0 Å². The Labute approximate surface area is 98.9 Å². The molecule has 1 N–H and O–H groups in total. The van der Waals surface area contributed by atoms with E-state index in [2.05, 4.69) is 37.1 Å². The van der Waals surface area contributed by atoms with Crippen LogP contribution >= 0.6 is 0 Å². The van der Waals surface area contributed by atoms with Crippen LogP contribution in [0.1, 0.15) is 27.2 Å². The van der Waals surface area contributed by atoms with E-state index >= 15 is 0 Å². The average Bonchev–Trinajstić information content (AvgIpc) is 2.28. The maximum atomic E-state index is 4.38. The lowest BCUT2D eigenvalue weighted by molar-refractivity contribution is 0.494. The van der Waals surface area contributed by atoms with Crippen molar-refractivity contribution in [1.29, 1.82) is 0 Å². The minimum atomic E-state index is 0.483. The molecule has 0 aliphatic carbocycles. The maximum absolute atomic E-state index is 4.38.